The Balaban J connectivity index is 1.61. The van der Waals surface area contributed by atoms with E-state index in [4.69, 9.17) is 9.97 Å². The Hall–Kier alpha value is -2.67. The monoisotopic (exact) mass is 363 g/mol. The first-order valence-electron chi connectivity index (χ1n) is 9.90. The van der Waals surface area contributed by atoms with Crippen LogP contribution >= 0.6 is 0 Å². The van der Waals surface area contributed by atoms with Gasteiger partial charge in [0.25, 0.3) is 0 Å². The molecular weight excluding hydrogens is 338 g/mol. The summed E-state index contributed by atoms with van der Waals surface area (Å²) in [6.45, 7) is 6.19. The molecular formula is C20H25N7. The summed E-state index contributed by atoms with van der Waals surface area (Å²) in [5.74, 6) is 2.07. The number of nitrogens with one attached hydrogen (secondary N) is 2. The third-order valence-corrected chi connectivity index (χ3v) is 5.52. The van der Waals surface area contributed by atoms with Gasteiger partial charge in [0.15, 0.2) is 11.6 Å². The van der Waals surface area contributed by atoms with E-state index in [-0.39, 0.29) is 0 Å². The summed E-state index contributed by atoms with van der Waals surface area (Å²) in [5.41, 5.74) is 2.88. The van der Waals surface area contributed by atoms with E-state index in [1.54, 1.807) is 0 Å². The molecule has 0 atom stereocenters. The average Bonchev–Trinajstić information content (AvgIpc) is 3.34. The summed E-state index contributed by atoms with van der Waals surface area (Å²) >= 11 is 0. The molecule has 2 N–H and O–H groups in total. The number of hydrogen-bond acceptors (Lipinski definition) is 6. The first kappa shape index (κ1) is 16.5. The first-order valence-corrected chi connectivity index (χ1v) is 9.90. The number of H-pyrrole nitrogens is 1. The van der Waals surface area contributed by atoms with Gasteiger partial charge in [-0.1, -0.05) is 0 Å². The molecule has 2 aliphatic rings. The van der Waals surface area contributed by atoms with Crippen molar-refractivity contribution in [3.8, 4) is 11.3 Å². The van der Waals surface area contributed by atoms with E-state index >= 15 is 0 Å². The van der Waals surface area contributed by atoms with Gasteiger partial charge in [-0.05, 0) is 37.9 Å². The minimum absolute atomic E-state index is 0.887. The van der Waals surface area contributed by atoms with Gasteiger partial charge in [-0.25, -0.2) is 15.0 Å². The van der Waals surface area contributed by atoms with E-state index in [0.717, 1.165) is 79.6 Å². The second-order valence-corrected chi connectivity index (χ2v) is 7.29. The van der Waals surface area contributed by atoms with Gasteiger partial charge in [-0.3, -0.25) is 0 Å². The Kier molecular flexibility index (Phi) is 4.37. The Morgan fingerprint density at radius 2 is 1.70 bits per heavy atom. The zero-order valence-corrected chi connectivity index (χ0v) is 15.5. The lowest BCUT2D eigenvalue weighted by atomic mass is 10.1. The maximum absolute atomic E-state index is 5.13. The van der Waals surface area contributed by atoms with E-state index in [1.165, 1.54) is 12.8 Å². The summed E-state index contributed by atoms with van der Waals surface area (Å²) in [6.07, 6.45) is 9.28. The number of hydrogen-bond donors (Lipinski definition) is 2. The van der Waals surface area contributed by atoms with Gasteiger partial charge < -0.3 is 20.1 Å². The molecule has 140 valence electrons. The topological polar surface area (TPSA) is 73.0 Å². The zero-order valence-electron chi connectivity index (χ0n) is 15.5. The van der Waals surface area contributed by atoms with Gasteiger partial charge in [0.05, 0.1) is 11.9 Å². The van der Waals surface area contributed by atoms with Crippen molar-refractivity contribution in [2.75, 3.05) is 49.1 Å². The van der Waals surface area contributed by atoms with Crippen LogP contribution in [-0.2, 0) is 0 Å². The van der Waals surface area contributed by atoms with E-state index in [0.29, 0.717) is 0 Å². The van der Waals surface area contributed by atoms with Crippen LogP contribution in [0, 0.1) is 0 Å². The van der Waals surface area contributed by atoms with Crippen molar-refractivity contribution in [2.24, 2.45) is 0 Å². The third-order valence-electron chi connectivity index (χ3n) is 5.52. The second kappa shape index (κ2) is 7.15. The quantitative estimate of drug-likeness (QED) is 0.745. The van der Waals surface area contributed by atoms with Gasteiger partial charge in [0, 0.05) is 56.1 Å². The summed E-state index contributed by atoms with van der Waals surface area (Å²) in [4.78, 5) is 22.4. The summed E-state index contributed by atoms with van der Waals surface area (Å²) in [5, 5.41) is 4.57. The second-order valence-electron chi connectivity index (χ2n) is 7.29. The maximum Gasteiger partial charge on any atom is 0.172 e. The van der Waals surface area contributed by atoms with E-state index < -0.39 is 0 Å². The Labute approximate surface area is 158 Å². The fourth-order valence-corrected chi connectivity index (χ4v) is 4.11. The highest BCUT2D eigenvalue weighted by Crippen LogP contribution is 2.32. The van der Waals surface area contributed by atoms with Gasteiger partial charge in [0.1, 0.15) is 5.65 Å². The van der Waals surface area contributed by atoms with Crippen molar-refractivity contribution >= 4 is 22.7 Å². The molecule has 0 amide bonds. The number of pyridine rings is 1. The van der Waals surface area contributed by atoms with Crippen LogP contribution in [0.5, 0.6) is 0 Å². The number of fused-ring (bicyclic) bond motifs is 1. The lowest BCUT2D eigenvalue weighted by molar-refractivity contribution is 0.724. The minimum Gasteiger partial charge on any atom is -0.354 e. The number of anilines is 2. The smallest absolute Gasteiger partial charge is 0.172 e. The Bertz CT molecular complexity index is 921. The molecule has 2 aliphatic heterocycles. The normalized spacial score (nSPS) is 18.2. The van der Waals surface area contributed by atoms with E-state index in [1.807, 2.05) is 24.7 Å². The van der Waals surface area contributed by atoms with Crippen LogP contribution in [0.25, 0.3) is 22.3 Å². The highest BCUT2D eigenvalue weighted by atomic mass is 15.3. The molecule has 5 rings (SSSR count). The molecule has 0 spiro atoms. The molecule has 0 bridgehead atoms. The van der Waals surface area contributed by atoms with E-state index in [2.05, 4.69) is 31.2 Å². The molecule has 7 heteroatoms. The van der Waals surface area contributed by atoms with Crippen LogP contribution in [0.1, 0.15) is 19.3 Å². The average molecular weight is 363 g/mol. The van der Waals surface area contributed by atoms with Crippen molar-refractivity contribution in [1.82, 2.24) is 25.3 Å². The molecule has 27 heavy (non-hydrogen) atoms. The summed E-state index contributed by atoms with van der Waals surface area (Å²) in [6, 6.07) is 4.09. The highest BCUT2D eigenvalue weighted by molar-refractivity contribution is 5.92. The lowest BCUT2D eigenvalue weighted by Gasteiger charge is -2.27. The lowest BCUT2D eigenvalue weighted by Crippen LogP contribution is -2.32. The molecule has 7 nitrogen and oxygen atoms in total. The van der Waals surface area contributed by atoms with Crippen molar-refractivity contribution in [1.29, 1.82) is 0 Å². The van der Waals surface area contributed by atoms with E-state index in [9.17, 15) is 0 Å². The van der Waals surface area contributed by atoms with Crippen LogP contribution in [-0.4, -0.2) is 59.2 Å². The van der Waals surface area contributed by atoms with Crippen molar-refractivity contribution in [3.63, 3.8) is 0 Å². The molecule has 0 saturated carbocycles. The van der Waals surface area contributed by atoms with Crippen LogP contribution in [0.15, 0.2) is 30.7 Å². The van der Waals surface area contributed by atoms with Gasteiger partial charge in [-0.15, -0.1) is 0 Å². The molecule has 2 saturated heterocycles. The minimum atomic E-state index is 0.887. The van der Waals surface area contributed by atoms with Crippen LogP contribution in [0.2, 0.25) is 0 Å². The van der Waals surface area contributed by atoms with Crippen LogP contribution < -0.4 is 15.1 Å². The van der Waals surface area contributed by atoms with Gasteiger partial charge in [-0.2, -0.15) is 0 Å². The third kappa shape index (κ3) is 3.12. The van der Waals surface area contributed by atoms with Crippen LogP contribution in [0.3, 0.4) is 0 Å². The van der Waals surface area contributed by atoms with Gasteiger partial charge >= 0.3 is 0 Å². The fraction of sp³-hybridized carbons (Fsp3) is 0.450. The molecule has 5 heterocycles. The maximum atomic E-state index is 5.13. The highest BCUT2D eigenvalue weighted by Gasteiger charge is 2.23. The number of aromatic nitrogens is 4. The zero-order chi connectivity index (χ0) is 18.1. The molecule has 0 unspecified atom stereocenters. The number of aromatic amines is 1. The van der Waals surface area contributed by atoms with Crippen molar-refractivity contribution < 1.29 is 0 Å². The molecule has 2 fully saturated rings. The van der Waals surface area contributed by atoms with Gasteiger partial charge in [0.2, 0.25) is 0 Å². The SMILES string of the molecule is c1cc(-c2cnc(N3CCCC3)c(N3CCCNCC3)n2)c2cc[nH]c2n1. The predicted molar refractivity (Wildman–Crippen MR) is 108 cm³/mol. The largest absolute Gasteiger partial charge is 0.354 e. The molecule has 3 aromatic heterocycles. The fourth-order valence-electron chi connectivity index (χ4n) is 4.11. The molecule has 0 radical (unpaired) electrons. The van der Waals surface area contributed by atoms with Crippen molar-refractivity contribution in [2.45, 2.75) is 19.3 Å². The molecule has 0 aliphatic carbocycles. The number of nitrogens with zero attached hydrogens (tertiary/aromatic N) is 5. The summed E-state index contributed by atoms with van der Waals surface area (Å²) in [7, 11) is 0. The predicted octanol–water partition coefficient (Wildman–Crippen LogP) is 2.42. The Morgan fingerprint density at radius 3 is 2.63 bits per heavy atom. The summed E-state index contributed by atoms with van der Waals surface area (Å²) < 4.78 is 0. The van der Waals surface area contributed by atoms with Crippen molar-refractivity contribution in [3.05, 3.63) is 30.7 Å². The first-order chi connectivity index (χ1) is 13.4. The van der Waals surface area contributed by atoms with Crippen LogP contribution in [0.4, 0.5) is 11.6 Å². The Morgan fingerprint density at radius 1 is 0.852 bits per heavy atom. The molecule has 3 aromatic rings. The molecule has 0 aromatic carbocycles. The standard InChI is InChI=1S/C20H25N7/c1-2-11-26(10-1)19-20(27-12-3-6-21-9-13-27)25-17(14-24-19)15-4-7-22-18-16(15)5-8-23-18/h4-5,7-8,14,21H,1-3,6,9-13H2,(H,22,23). The number of rotatable bonds is 3.